The second-order valence-electron chi connectivity index (χ2n) is 6.09. The van der Waals surface area contributed by atoms with Gasteiger partial charge in [0.15, 0.2) is 0 Å². The summed E-state index contributed by atoms with van der Waals surface area (Å²) in [5.41, 5.74) is 2.73. The molecule has 2 aromatic carbocycles. The molecule has 1 aliphatic heterocycles. The minimum absolute atomic E-state index is 0.0363. The molecule has 0 unspecified atom stereocenters. The summed E-state index contributed by atoms with van der Waals surface area (Å²) in [6.07, 6.45) is 0.860. The maximum Gasteiger partial charge on any atom is 0.246 e. The number of para-hydroxylation sites is 1. The number of carbonyl (C=O) groups excluding carboxylic acids is 1. The second-order valence-corrected chi connectivity index (χ2v) is 8.24. The van der Waals surface area contributed by atoms with E-state index in [0.29, 0.717) is 12.2 Å². The zero-order chi connectivity index (χ0) is 18.0. The molecule has 1 heterocycles. The second kappa shape index (κ2) is 6.85. The van der Waals surface area contributed by atoms with Crippen molar-refractivity contribution in [1.82, 2.24) is 4.31 Å². The van der Waals surface area contributed by atoms with Crippen molar-refractivity contribution in [2.75, 3.05) is 37.4 Å². The van der Waals surface area contributed by atoms with Crippen LogP contribution >= 0.6 is 0 Å². The molecule has 0 radical (unpaired) electrons. The molecule has 1 amide bonds. The van der Waals surface area contributed by atoms with E-state index in [1.54, 1.807) is 29.2 Å². The molecule has 0 aromatic heterocycles. The van der Waals surface area contributed by atoms with Crippen molar-refractivity contribution in [3.63, 3.8) is 0 Å². The number of carbonyl (C=O) groups is 1. The van der Waals surface area contributed by atoms with Gasteiger partial charge in [-0.25, -0.2) is 12.7 Å². The van der Waals surface area contributed by atoms with E-state index in [1.165, 1.54) is 24.0 Å². The van der Waals surface area contributed by atoms with Crippen molar-refractivity contribution >= 4 is 27.3 Å². The molecular formula is C18H21N3O3S. The van der Waals surface area contributed by atoms with Crippen molar-refractivity contribution in [2.45, 2.75) is 11.3 Å². The minimum Gasteiger partial charge on any atom is -0.376 e. The molecule has 25 heavy (non-hydrogen) atoms. The standard InChI is InChI=1S/C18H21N3O3S/c1-20(2)25(23,24)16-8-5-7-15(12-16)19-13-18(22)21-11-10-14-6-3-4-9-17(14)21/h3-9,12,19H,10-11,13H2,1-2H3. The summed E-state index contributed by atoms with van der Waals surface area (Å²) in [7, 11) is -0.516. The maximum absolute atomic E-state index is 12.5. The van der Waals surface area contributed by atoms with Crippen molar-refractivity contribution in [3.8, 4) is 0 Å². The Morgan fingerprint density at radius 1 is 1.16 bits per heavy atom. The Hall–Kier alpha value is -2.38. The molecule has 3 rings (SSSR count). The van der Waals surface area contributed by atoms with E-state index in [1.807, 2.05) is 24.3 Å². The number of amides is 1. The predicted octanol–water partition coefficient (Wildman–Crippen LogP) is 1.94. The number of hydrogen-bond acceptors (Lipinski definition) is 4. The molecular weight excluding hydrogens is 338 g/mol. The van der Waals surface area contributed by atoms with Gasteiger partial charge in [0, 0.05) is 32.0 Å². The van der Waals surface area contributed by atoms with E-state index in [9.17, 15) is 13.2 Å². The number of rotatable bonds is 5. The van der Waals surface area contributed by atoms with E-state index >= 15 is 0 Å². The number of anilines is 2. The van der Waals surface area contributed by atoms with Crippen LogP contribution in [0.4, 0.5) is 11.4 Å². The summed E-state index contributed by atoms with van der Waals surface area (Å²) in [5, 5.41) is 3.03. The number of hydrogen-bond donors (Lipinski definition) is 1. The number of sulfonamides is 1. The lowest BCUT2D eigenvalue weighted by atomic mass is 10.2. The van der Waals surface area contributed by atoms with Gasteiger partial charge in [-0.3, -0.25) is 4.79 Å². The van der Waals surface area contributed by atoms with Crippen molar-refractivity contribution in [3.05, 3.63) is 54.1 Å². The fourth-order valence-electron chi connectivity index (χ4n) is 2.85. The van der Waals surface area contributed by atoms with Gasteiger partial charge in [0.2, 0.25) is 15.9 Å². The first-order chi connectivity index (χ1) is 11.9. The molecule has 0 spiro atoms. The molecule has 0 saturated heterocycles. The van der Waals surface area contributed by atoms with Gasteiger partial charge >= 0.3 is 0 Å². The van der Waals surface area contributed by atoms with Crippen molar-refractivity contribution in [1.29, 1.82) is 0 Å². The summed E-state index contributed by atoms with van der Waals surface area (Å²) in [4.78, 5) is 14.5. The number of benzene rings is 2. The van der Waals surface area contributed by atoms with Gasteiger partial charge in [-0.1, -0.05) is 24.3 Å². The Balaban J connectivity index is 1.70. The van der Waals surface area contributed by atoms with Crippen molar-refractivity contribution < 1.29 is 13.2 Å². The Labute approximate surface area is 148 Å². The van der Waals surface area contributed by atoms with E-state index in [-0.39, 0.29) is 17.3 Å². The average molecular weight is 359 g/mol. The summed E-state index contributed by atoms with van der Waals surface area (Å²) in [6.45, 7) is 0.786. The van der Waals surface area contributed by atoms with E-state index in [4.69, 9.17) is 0 Å². The molecule has 2 aromatic rings. The van der Waals surface area contributed by atoms with Crippen molar-refractivity contribution in [2.24, 2.45) is 0 Å². The van der Waals surface area contributed by atoms with Crippen LogP contribution in [0.1, 0.15) is 5.56 Å². The highest BCUT2D eigenvalue weighted by atomic mass is 32.2. The Kier molecular flexibility index (Phi) is 4.78. The molecule has 0 bridgehead atoms. The maximum atomic E-state index is 12.5. The van der Waals surface area contributed by atoms with Gasteiger partial charge < -0.3 is 10.2 Å². The van der Waals surface area contributed by atoms with Gasteiger partial charge in [-0.05, 0) is 36.2 Å². The van der Waals surface area contributed by atoms with Gasteiger partial charge in [0.05, 0.1) is 11.4 Å². The first-order valence-electron chi connectivity index (χ1n) is 8.04. The van der Waals surface area contributed by atoms with Gasteiger partial charge in [0.25, 0.3) is 0 Å². The molecule has 6 nitrogen and oxygen atoms in total. The fourth-order valence-corrected chi connectivity index (χ4v) is 3.80. The molecule has 0 aliphatic carbocycles. The lowest BCUT2D eigenvalue weighted by Gasteiger charge is -2.18. The third-order valence-electron chi connectivity index (χ3n) is 4.24. The first-order valence-corrected chi connectivity index (χ1v) is 9.48. The minimum atomic E-state index is -3.50. The van der Waals surface area contributed by atoms with E-state index in [2.05, 4.69) is 5.32 Å². The molecule has 0 saturated carbocycles. The fraction of sp³-hybridized carbons (Fsp3) is 0.278. The third-order valence-corrected chi connectivity index (χ3v) is 6.06. The van der Waals surface area contributed by atoms with Gasteiger partial charge in [-0.15, -0.1) is 0 Å². The number of nitrogens with one attached hydrogen (secondary N) is 1. The van der Waals surface area contributed by atoms with Crippen LogP contribution in [0.3, 0.4) is 0 Å². The zero-order valence-electron chi connectivity index (χ0n) is 14.3. The van der Waals surface area contributed by atoms with Crippen LogP contribution in [-0.4, -0.2) is 45.8 Å². The number of nitrogens with zero attached hydrogens (tertiary/aromatic N) is 2. The van der Waals surface area contributed by atoms with Crippen LogP contribution in [0.2, 0.25) is 0 Å². The molecule has 0 fully saturated rings. The molecule has 1 N–H and O–H groups in total. The topological polar surface area (TPSA) is 69.7 Å². The van der Waals surface area contributed by atoms with Crippen LogP contribution in [-0.2, 0) is 21.2 Å². The van der Waals surface area contributed by atoms with Gasteiger partial charge in [0.1, 0.15) is 0 Å². The number of fused-ring (bicyclic) bond motifs is 1. The summed E-state index contributed by atoms with van der Waals surface area (Å²) < 4.78 is 25.5. The van der Waals surface area contributed by atoms with Crippen LogP contribution in [0, 0.1) is 0 Å². The lowest BCUT2D eigenvalue weighted by Crippen LogP contribution is -2.34. The summed E-state index contributed by atoms with van der Waals surface area (Å²) in [5.74, 6) is -0.0363. The van der Waals surface area contributed by atoms with E-state index < -0.39 is 10.0 Å². The summed E-state index contributed by atoms with van der Waals surface area (Å²) in [6, 6.07) is 14.4. The zero-order valence-corrected chi connectivity index (χ0v) is 15.1. The highest BCUT2D eigenvalue weighted by molar-refractivity contribution is 7.89. The quantitative estimate of drug-likeness (QED) is 0.886. The molecule has 7 heteroatoms. The Bertz CT molecular complexity index is 894. The normalized spacial score (nSPS) is 13.8. The summed E-state index contributed by atoms with van der Waals surface area (Å²) >= 11 is 0. The Morgan fingerprint density at radius 3 is 2.68 bits per heavy atom. The monoisotopic (exact) mass is 359 g/mol. The smallest absolute Gasteiger partial charge is 0.246 e. The highest BCUT2D eigenvalue weighted by Gasteiger charge is 2.24. The highest BCUT2D eigenvalue weighted by Crippen LogP contribution is 2.27. The Morgan fingerprint density at radius 2 is 1.92 bits per heavy atom. The van der Waals surface area contributed by atoms with Crippen LogP contribution in [0.15, 0.2) is 53.4 Å². The SMILES string of the molecule is CN(C)S(=O)(=O)c1cccc(NCC(=O)N2CCc3ccccc32)c1. The largest absolute Gasteiger partial charge is 0.376 e. The molecule has 1 aliphatic rings. The van der Waals surface area contributed by atoms with Crippen LogP contribution in [0.5, 0.6) is 0 Å². The third kappa shape index (κ3) is 3.52. The molecule has 0 atom stereocenters. The van der Waals surface area contributed by atoms with Crippen LogP contribution < -0.4 is 10.2 Å². The predicted molar refractivity (Wildman–Crippen MR) is 98.3 cm³/mol. The lowest BCUT2D eigenvalue weighted by molar-refractivity contribution is -0.116. The van der Waals surface area contributed by atoms with Crippen LogP contribution in [0.25, 0.3) is 0 Å². The van der Waals surface area contributed by atoms with Gasteiger partial charge in [-0.2, -0.15) is 0 Å². The molecule has 132 valence electrons. The average Bonchev–Trinajstić information content (AvgIpc) is 3.04. The van der Waals surface area contributed by atoms with E-state index in [0.717, 1.165) is 12.1 Å². The first kappa shape index (κ1) is 17.4.